The van der Waals surface area contributed by atoms with Crippen molar-refractivity contribution in [3.8, 4) is 11.5 Å². The van der Waals surface area contributed by atoms with Crippen LogP contribution >= 0.6 is 15.9 Å². The molecule has 11 heteroatoms. The van der Waals surface area contributed by atoms with Crippen molar-refractivity contribution in [2.24, 2.45) is 0 Å². The van der Waals surface area contributed by atoms with E-state index in [1.54, 1.807) is 43.3 Å². The van der Waals surface area contributed by atoms with E-state index >= 15 is 0 Å². The van der Waals surface area contributed by atoms with Crippen molar-refractivity contribution in [3.05, 3.63) is 82.8 Å². The van der Waals surface area contributed by atoms with E-state index in [2.05, 4.69) is 21.2 Å². The number of nitrogens with zero attached hydrogens (tertiary/aromatic N) is 2. The van der Waals surface area contributed by atoms with Gasteiger partial charge in [0.2, 0.25) is 11.8 Å². The van der Waals surface area contributed by atoms with Crippen molar-refractivity contribution >= 4 is 43.5 Å². The monoisotopic (exact) mass is 643 g/mol. The Balaban J connectivity index is 1.72. The SMILES string of the molecule is CC[C@@H](C)NC(=O)[C@@H](C)N(Cc1ccc(Br)cc1)C(=O)CN(c1ccc2c(c1)OCCO2)S(=O)(=O)c1ccccc1. The first-order valence-corrected chi connectivity index (χ1v) is 15.6. The number of hydrogen-bond donors (Lipinski definition) is 1. The third-order valence-corrected chi connectivity index (χ3v) is 9.18. The van der Waals surface area contributed by atoms with Crippen LogP contribution in [0.3, 0.4) is 0 Å². The molecule has 0 aromatic heterocycles. The molecule has 0 unspecified atom stereocenters. The predicted molar refractivity (Wildman–Crippen MR) is 160 cm³/mol. The fraction of sp³-hybridized carbons (Fsp3) is 0.333. The van der Waals surface area contributed by atoms with Gasteiger partial charge in [-0.05, 0) is 62.2 Å². The molecular weight excluding hydrogens is 610 g/mol. The van der Waals surface area contributed by atoms with E-state index in [9.17, 15) is 18.0 Å². The number of carbonyl (C=O) groups is 2. The molecule has 9 nitrogen and oxygen atoms in total. The lowest BCUT2D eigenvalue weighted by molar-refractivity contribution is -0.139. The largest absolute Gasteiger partial charge is 0.486 e. The Hall–Kier alpha value is -3.57. The molecule has 1 aliphatic rings. The van der Waals surface area contributed by atoms with Crippen LogP contribution in [0.2, 0.25) is 0 Å². The third kappa shape index (κ3) is 7.39. The number of fused-ring (bicyclic) bond motifs is 1. The number of carbonyl (C=O) groups excluding carboxylic acids is 2. The zero-order valence-electron chi connectivity index (χ0n) is 23.2. The number of nitrogens with one attached hydrogen (secondary N) is 1. The molecule has 0 saturated heterocycles. The van der Waals surface area contributed by atoms with Gasteiger partial charge >= 0.3 is 0 Å². The first kappa shape index (κ1) is 30.4. The lowest BCUT2D eigenvalue weighted by Gasteiger charge is -2.32. The van der Waals surface area contributed by atoms with Gasteiger partial charge in [-0.3, -0.25) is 13.9 Å². The highest BCUT2D eigenvalue weighted by molar-refractivity contribution is 9.10. The van der Waals surface area contributed by atoms with Crippen molar-refractivity contribution in [1.82, 2.24) is 10.2 Å². The fourth-order valence-corrected chi connectivity index (χ4v) is 5.96. The van der Waals surface area contributed by atoms with E-state index in [1.807, 2.05) is 38.1 Å². The van der Waals surface area contributed by atoms with Crippen molar-refractivity contribution < 1.29 is 27.5 Å². The molecule has 2 atom stereocenters. The molecule has 0 saturated carbocycles. The van der Waals surface area contributed by atoms with Crippen LogP contribution in [-0.2, 0) is 26.2 Å². The number of hydrogen-bond acceptors (Lipinski definition) is 6. The van der Waals surface area contributed by atoms with Gasteiger partial charge in [-0.2, -0.15) is 0 Å². The Labute approximate surface area is 249 Å². The van der Waals surface area contributed by atoms with Crippen molar-refractivity contribution in [1.29, 1.82) is 0 Å². The molecule has 218 valence electrons. The molecule has 0 spiro atoms. The summed E-state index contributed by atoms with van der Waals surface area (Å²) < 4.78 is 41.1. The van der Waals surface area contributed by atoms with Gasteiger partial charge in [-0.1, -0.05) is 53.2 Å². The highest BCUT2D eigenvalue weighted by Crippen LogP contribution is 2.36. The Morgan fingerprint density at radius 3 is 2.27 bits per heavy atom. The highest BCUT2D eigenvalue weighted by Gasteiger charge is 2.33. The predicted octanol–water partition coefficient (Wildman–Crippen LogP) is 4.75. The van der Waals surface area contributed by atoms with Gasteiger partial charge in [0.05, 0.1) is 10.6 Å². The van der Waals surface area contributed by atoms with Gasteiger partial charge in [-0.15, -0.1) is 0 Å². The van der Waals surface area contributed by atoms with E-state index in [1.165, 1.54) is 17.0 Å². The van der Waals surface area contributed by atoms with Crippen LogP contribution in [0.15, 0.2) is 82.2 Å². The van der Waals surface area contributed by atoms with Crippen LogP contribution < -0.4 is 19.1 Å². The van der Waals surface area contributed by atoms with Crippen LogP contribution in [0.5, 0.6) is 11.5 Å². The maximum Gasteiger partial charge on any atom is 0.264 e. The first-order valence-electron chi connectivity index (χ1n) is 13.4. The Bertz CT molecular complexity index is 1470. The smallest absolute Gasteiger partial charge is 0.264 e. The molecule has 0 bridgehead atoms. The van der Waals surface area contributed by atoms with Crippen molar-refractivity contribution in [2.75, 3.05) is 24.1 Å². The second-order valence-corrected chi connectivity index (χ2v) is 12.6. The van der Waals surface area contributed by atoms with E-state index in [-0.39, 0.29) is 29.1 Å². The minimum Gasteiger partial charge on any atom is -0.486 e. The summed E-state index contributed by atoms with van der Waals surface area (Å²) in [6.45, 7) is 5.79. The summed E-state index contributed by atoms with van der Waals surface area (Å²) in [6, 6.07) is 19.1. The molecule has 0 fully saturated rings. The normalized spacial score (nSPS) is 14.0. The Morgan fingerprint density at radius 1 is 0.951 bits per heavy atom. The average molecular weight is 645 g/mol. The minimum atomic E-state index is -4.17. The average Bonchev–Trinajstić information content (AvgIpc) is 2.99. The summed E-state index contributed by atoms with van der Waals surface area (Å²) in [4.78, 5) is 28.6. The number of ether oxygens (including phenoxy) is 2. The summed E-state index contributed by atoms with van der Waals surface area (Å²) in [6.07, 6.45) is 0.729. The maximum atomic E-state index is 14.0. The van der Waals surface area contributed by atoms with Crippen LogP contribution in [0.1, 0.15) is 32.8 Å². The number of amides is 2. The molecule has 1 aliphatic heterocycles. The highest BCUT2D eigenvalue weighted by atomic mass is 79.9. The Morgan fingerprint density at radius 2 is 1.61 bits per heavy atom. The Kier molecular flexibility index (Phi) is 9.93. The number of halogens is 1. The van der Waals surface area contributed by atoms with Gasteiger partial charge in [0.25, 0.3) is 10.0 Å². The molecule has 3 aromatic rings. The van der Waals surface area contributed by atoms with Gasteiger partial charge in [0.15, 0.2) is 11.5 Å². The first-order chi connectivity index (χ1) is 19.6. The zero-order valence-corrected chi connectivity index (χ0v) is 25.7. The number of anilines is 1. The lowest BCUT2D eigenvalue weighted by Crippen LogP contribution is -2.52. The summed E-state index contributed by atoms with van der Waals surface area (Å²) in [7, 11) is -4.17. The summed E-state index contributed by atoms with van der Waals surface area (Å²) >= 11 is 3.42. The second-order valence-electron chi connectivity index (χ2n) is 9.79. The zero-order chi connectivity index (χ0) is 29.6. The van der Waals surface area contributed by atoms with Gasteiger partial charge < -0.3 is 19.7 Å². The fourth-order valence-electron chi connectivity index (χ4n) is 4.27. The second kappa shape index (κ2) is 13.4. The minimum absolute atomic E-state index is 0.0321. The summed E-state index contributed by atoms with van der Waals surface area (Å²) in [5.74, 6) is 0.0359. The van der Waals surface area contributed by atoms with Crippen LogP contribution in [0.4, 0.5) is 5.69 Å². The molecule has 1 N–H and O–H groups in total. The van der Waals surface area contributed by atoms with Crippen molar-refractivity contribution in [3.63, 3.8) is 0 Å². The molecule has 0 aliphatic carbocycles. The number of benzene rings is 3. The molecule has 4 rings (SSSR count). The van der Waals surface area contributed by atoms with Crippen molar-refractivity contribution in [2.45, 2.75) is 50.7 Å². The standard InChI is InChI=1S/C30H34BrN3O6S/c1-4-21(2)32-30(36)22(3)33(19-23-10-12-24(31)13-11-23)29(35)20-34(41(37,38)26-8-6-5-7-9-26)25-14-15-27-28(18-25)40-17-16-39-27/h5-15,18,21-22H,4,16-17,19-20H2,1-3H3,(H,32,36)/t21-,22-/m1/s1. The molecule has 0 radical (unpaired) electrons. The van der Waals surface area contributed by atoms with Gasteiger partial charge in [0, 0.05) is 23.1 Å². The van der Waals surface area contributed by atoms with E-state index in [0.29, 0.717) is 24.7 Å². The molecule has 41 heavy (non-hydrogen) atoms. The lowest BCUT2D eigenvalue weighted by atomic mass is 10.1. The van der Waals surface area contributed by atoms with E-state index in [0.717, 1.165) is 20.8 Å². The summed E-state index contributed by atoms with van der Waals surface area (Å²) in [5, 5.41) is 2.93. The van der Waals surface area contributed by atoms with Crippen LogP contribution in [0.25, 0.3) is 0 Å². The number of sulfonamides is 1. The topological polar surface area (TPSA) is 105 Å². The maximum absolute atomic E-state index is 14.0. The van der Waals surface area contributed by atoms with E-state index in [4.69, 9.17) is 9.47 Å². The molecule has 3 aromatic carbocycles. The van der Waals surface area contributed by atoms with Gasteiger partial charge in [0.1, 0.15) is 25.8 Å². The third-order valence-electron chi connectivity index (χ3n) is 6.86. The van der Waals surface area contributed by atoms with Crippen LogP contribution in [0, 0.1) is 0 Å². The van der Waals surface area contributed by atoms with Crippen LogP contribution in [-0.4, -0.2) is 57.0 Å². The van der Waals surface area contributed by atoms with Gasteiger partial charge in [-0.25, -0.2) is 8.42 Å². The quantitative estimate of drug-likeness (QED) is 0.323. The molecular formula is C30H34BrN3O6S. The van der Waals surface area contributed by atoms with E-state index < -0.39 is 28.5 Å². The number of rotatable bonds is 11. The molecule has 2 amide bonds. The molecule has 1 heterocycles. The summed E-state index contributed by atoms with van der Waals surface area (Å²) in [5.41, 5.74) is 1.04.